The maximum atomic E-state index is 3.58. The van der Waals surface area contributed by atoms with Gasteiger partial charge in [0.2, 0.25) is 0 Å². The summed E-state index contributed by atoms with van der Waals surface area (Å²) >= 11 is 7.09. The molecule has 0 radical (unpaired) electrons. The molecule has 1 unspecified atom stereocenters. The minimum absolute atomic E-state index is 0.274. The van der Waals surface area contributed by atoms with Crippen molar-refractivity contribution in [3.8, 4) is 0 Å². The SMILES string of the molecule is CCCc1ccc(C(C)Nc2cc(Br)ccc2Br)cc1. The van der Waals surface area contributed by atoms with Crippen LogP contribution in [0.2, 0.25) is 0 Å². The molecule has 0 heterocycles. The van der Waals surface area contributed by atoms with Gasteiger partial charge in [0.25, 0.3) is 0 Å². The number of nitrogens with one attached hydrogen (secondary N) is 1. The molecule has 3 heteroatoms. The zero-order valence-electron chi connectivity index (χ0n) is 11.8. The topological polar surface area (TPSA) is 12.0 Å². The lowest BCUT2D eigenvalue weighted by Crippen LogP contribution is -2.07. The van der Waals surface area contributed by atoms with Crippen molar-refractivity contribution in [2.45, 2.75) is 32.7 Å². The second-order valence-electron chi connectivity index (χ2n) is 4.98. The van der Waals surface area contributed by atoms with Crippen molar-refractivity contribution in [1.29, 1.82) is 0 Å². The Morgan fingerprint density at radius 1 is 1.05 bits per heavy atom. The number of aryl methyl sites for hydroxylation is 1. The lowest BCUT2D eigenvalue weighted by atomic mass is 10.0. The molecule has 2 aromatic rings. The van der Waals surface area contributed by atoms with Crippen LogP contribution in [0.4, 0.5) is 5.69 Å². The van der Waals surface area contributed by atoms with Crippen molar-refractivity contribution in [3.63, 3.8) is 0 Å². The summed E-state index contributed by atoms with van der Waals surface area (Å²) in [5.41, 5.74) is 3.81. The van der Waals surface area contributed by atoms with Crippen molar-refractivity contribution in [2.24, 2.45) is 0 Å². The van der Waals surface area contributed by atoms with Gasteiger partial charge < -0.3 is 5.32 Å². The second-order valence-corrected chi connectivity index (χ2v) is 6.75. The predicted molar refractivity (Wildman–Crippen MR) is 94.3 cm³/mol. The molecule has 106 valence electrons. The van der Waals surface area contributed by atoms with Gasteiger partial charge in [-0.15, -0.1) is 0 Å². The van der Waals surface area contributed by atoms with Crippen LogP contribution in [-0.2, 0) is 6.42 Å². The van der Waals surface area contributed by atoms with E-state index >= 15 is 0 Å². The molecule has 0 aromatic heterocycles. The number of halogens is 2. The summed E-state index contributed by atoms with van der Waals surface area (Å²) in [6.07, 6.45) is 2.34. The summed E-state index contributed by atoms with van der Waals surface area (Å²) in [6.45, 7) is 4.39. The first-order chi connectivity index (χ1) is 9.60. The standard InChI is InChI=1S/C17H19Br2N/c1-3-4-13-5-7-14(8-6-13)12(2)20-17-11-15(18)9-10-16(17)19/h5-12,20H,3-4H2,1-2H3. The highest BCUT2D eigenvalue weighted by Gasteiger charge is 2.08. The van der Waals surface area contributed by atoms with Crippen LogP contribution in [0.5, 0.6) is 0 Å². The molecule has 0 fully saturated rings. The summed E-state index contributed by atoms with van der Waals surface area (Å²) in [7, 11) is 0. The Balaban J connectivity index is 2.11. The van der Waals surface area contributed by atoms with Gasteiger partial charge in [-0.3, -0.25) is 0 Å². The molecule has 20 heavy (non-hydrogen) atoms. The Labute approximate surface area is 138 Å². The van der Waals surface area contributed by atoms with E-state index in [0.717, 1.165) is 21.1 Å². The van der Waals surface area contributed by atoms with E-state index in [4.69, 9.17) is 0 Å². The Hall–Kier alpha value is -0.800. The highest BCUT2D eigenvalue weighted by molar-refractivity contribution is 9.11. The fourth-order valence-electron chi connectivity index (χ4n) is 2.19. The Morgan fingerprint density at radius 3 is 2.40 bits per heavy atom. The molecule has 0 aliphatic rings. The highest BCUT2D eigenvalue weighted by Crippen LogP contribution is 2.29. The van der Waals surface area contributed by atoms with E-state index < -0.39 is 0 Å². The monoisotopic (exact) mass is 395 g/mol. The van der Waals surface area contributed by atoms with Gasteiger partial charge in [-0.25, -0.2) is 0 Å². The van der Waals surface area contributed by atoms with Crippen molar-refractivity contribution in [2.75, 3.05) is 5.32 Å². The molecule has 2 aromatic carbocycles. The quantitative estimate of drug-likeness (QED) is 0.621. The third-order valence-corrected chi connectivity index (χ3v) is 4.50. The molecule has 0 bridgehead atoms. The molecule has 0 aliphatic heterocycles. The lowest BCUT2D eigenvalue weighted by molar-refractivity contribution is 0.875. The van der Waals surface area contributed by atoms with E-state index in [9.17, 15) is 0 Å². The van der Waals surface area contributed by atoms with Crippen LogP contribution in [0.1, 0.15) is 37.4 Å². The summed E-state index contributed by atoms with van der Waals surface area (Å²) in [6, 6.07) is 15.3. The molecule has 0 aliphatic carbocycles. The fraction of sp³-hybridized carbons (Fsp3) is 0.294. The van der Waals surface area contributed by atoms with E-state index in [1.54, 1.807) is 0 Å². The van der Waals surface area contributed by atoms with Crippen LogP contribution < -0.4 is 5.32 Å². The molecule has 1 atom stereocenters. The molecule has 2 rings (SSSR count). The first-order valence-corrected chi connectivity index (χ1v) is 8.49. The maximum absolute atomic E-state index is 3.58. The number of anilines is 1. The molecule has 0 saturated carbocycles. The van der Waals surface area contributed by atoms with Gasteiger partial charge in [0.1, 0.15) is 0 Å². The van der Waals surface area contributed by atoms with E-state index in [0.29, 0.717) is 0 Å². The number of rotatable bonds is 5. The van der Waals surface area contributed by atoms with E-state index in [2.05, 4.69) is 81.4 Å². The van der Waals surface area contributed by atoms with Crippen LogP contribution in [0.15, 0.2) is 51.4 Å². The molecule has 0 amide bonds. The Morgan fingerprint density at radius 2 is 1.75 bits per heavy atom. The molecule has 0 spiro atoms. The second kappa shape index (κ2) is 7.28. The zero-order valence-corrected chi connectivity index (χ0v) is 15.0. The average Bonchev–Trinajstić information content (AvgIpc) is 2.44. The van der Waals surface area contributed by atoms with Crippen LogP contribution >= 0.6 is 31.9 Å². The highest BCUT2D eigenvalue weighted by atomic mass is 79.9. The maximum Gasteiger partial charge on any atom is 0.0500 e. The number of hydrogen-bond donors (Lipinski definition) is 1. The smallest absolute Gasteiger partial charge is 0.0500 e. The lowest BCUT2D eigenvalue weighted by Gasteiger charge is -2.17. The van der Waals surface area contributed by atoms with E-state index in [-0.39, 0.29) is 6.04 Å². The van der Waals surface area contributed by atoms with Crippen molar-refractivity contribution < 1.29 is 0 Å². The van der Waals surface area contributed by atoms with Gasteiger partial charge in [0.05, 0.1) is 5.69 Å². The van der Waals surface area contributed by atoms with Crippen LogP contribution in [0.25, 0.3) is 0 Å². The predicted octanol–water partition coefficient (Wildman–Crippen LogP) is 6.34. The molecular weight excluding hydrogens is 378 g/mol. The summed E-state index contributed by atoms with van der Waals surface area (Å²) < 4.78 is 2.16. The van der Waals surface area contributed by atoms with E-state index in [1.807, 2.05) is 12.1 Å². The first-order valence-electron chi connectivity index (χ1n) is 6.90. The molecule has 1 nitrogen and oxygen atoms in total. The van der Waals surface area contributed by atoms with Gasteiger partial charge in [0, 0.05) is 15.0 Å². The fourth-order valence-corrected chi connectivity index (χ4v) is 2.91. The van der Waals surface area contributed by atoms with Gasteiger partial charge in [-0.1, -0.05) is 53.5 Å². The third-order valence-electron chi connectivity index (χ3n) is 3.32. The molecule has 1 N–H and O–H groups in total. The third kappa shape index (κ3) is 4.10. The minimum atomic E-state index is 0.274. The largest absolute Gasteiger partial charge is 0.378 e. The Kier molecular flexibility index (Phi) is 5.67. The summed E-state index contributed by atoms with van der Waals surface area (Å²) in [5.74, 6) is 0. The zero-order chi connectivity index (χ0) is 14.5. The molecule has 0 saturated heterocycles. The van der Waals surface area contributed by atoms with Crippen molar-refractivity contribution in [3.05, 3.63) is 62.5 Å². The van der Waals surface area contributed by atoms with Crippen LogP contribution in [0, 0.1) is 0 Å². The van der Waals surface area contributed by atoms with Crippen molar-refractivity contribution >= 4 is 37.5 Å². The summed E-state index contributed by atoms with van der Waals surface area (Å²) in [5, 5.41) is 3.54. The summed E-state index contributed by atoms with van der Waals surface area (Å²) in [4.78, 5) is 0. The van der Waals surface area contributed by atoms with E-state index in [1.165, 1.54) is 17.5 Å². The average molecular weight is 397 g/mol. The minimum Gasteiger partial charge on any atom is -0.378 e. The van der Waals surface area contributed by atoms with Crippen molar-refractivity contribution in [1.82, 2.24) is 0 Å². The molecular formula is C17H19Br2N. The number of hydrogen-bond acceptors (Lipinski definition) is 1. The van der Waals surface area contributed by atoms with Gasteiger partial charge in [0.15, 0.2) is 0 Å². The Bertz CT molecular complexity index is 564. The van der Waals surface area contributed by atoms with Gasteiger partial charge in [-0.2, -0.15) is 0 Å². The normalized spacial score (nSPS) is 12.2. The van der Waals surface area contributed by atoms with Gasteiger partial charge in [-0.05, 0) is 58.6 Å². The number of benzene rings is 2. The van der Waals surface area contributed by atoms with Gasteiger partial charge >= 0.3 is 0 Å². The van der Waals surface area contributed by atoms with Crippen LogP contribution in [0.3, 0.4) is 0 Å². The van der Waals surface area contributed by atoms with Crippen LogP contribution in [-0.4, -0.2) is 0 Å². The first kappa shape index (κ1) is 15.6.